The molecule has 4 N–H and O–H groups in total. The highest BCUT2D eigenvalue weighted by Gasteiger charge is 2.12. The molecule has 2 heteroatoms. The van der Waals surface area contributed by atoms with Crippen LogP contribution in [0.5, 0.6) is 5.75 Å². The molecular weight excluding hydrogens is 246 g/mol. The van der Waals surface area contributed by atoms with Gasteiger partial charge in [-0.15, -0.1) is 0 Å². The first-order valence-corrected chi connectivity index (χ1v) is 8.07. The van der Waals surface area contributed by atoms with Gasteiger partial charge in [0.15, 0.2) is 0 Å². The van der Waals surface area contributed by atoms with Gasteiger partial charge in [-0.05, 0) is 61.3 Å². The average molecular weight is 279 g/mol. The van der Waals surface area contributed by atoms with Crippen LogP contribution >= 0.6 is 0 Å². The van der Waals surface area contributed by atoms with Gasteiger partial charge in [0.25, 0.3) is 0 Å². The third kappa shape index (κ3) is 5.54. The summed E-state index contributed by atoms with van der Waals surface area (Å²) in [4.78, 5) is 0. The summed E-state index contributed by atoms with van der Waals surface area (Å²) in [5.74, 6) is 0.514. The Morgan fingerprint density at radius 3 is 1.80 bits per heavy atom. The lowest BCUT2D eigenvalue weighted by Gasteiger charge is -2.16. The number of aryl methyl sites for hydroxylation is 1. The molecule has 116 valence electrons. The molecule has 0 saturated carbocycles. The van der Waals surface area contributed by atoms with E-state index in [0.717, 1.165) is 19.3 Å². The fourth-order valence-corrected chi connectivity index (χ4v) is 2.63. The van der Waals surface area contributed by atoms with E-state index >= 15 is 0 Å². The largest absolute Gasteiger partial charge is 0.508 e. The smallest absolute Gasteiger partial charge is 0.119 e. The summed E-state index contributed by atoms with van der Waals surface area (Å²) < 4.78 is 0. The predicted octanol–water partition coefficient (Wildman–Crippen LogP) is 5.58. The Labute approximate surface area is 125 Å². The number of hydrogen-bond acceptors (Lipinski definition) is 2. The summed E-state index contributed by atoms with van der Waals surface area (Å²) in [6, 6.07) is 4.05. The van der Waals surface area contributed by atoms with Crippen LogP contribution in [0.15, 0.2) is 12.1 Å². The molecule has 1 aromatic carbocycles. The lowest BCUT2D eigenvalue weighted by Crippen LogP contribution is -2.02. The molecule has 0 saturated heterocycles. The first-order chi connectivity index (χ1) is 9.24. The fourth-order valence-electron chi connectivity index (χ4n) is 2.63. The topological polar surface area (TPSA) is 55.2 Å². The number of benzene rings is 1. The molecule has 20 heavy (non-hydrogen) atoms. The third-order valence-electron chi connectivity index (χ3n) is 3.86. The molecule has 0 atom stereocenters. The highest BCUT2D eigenvalue weighted by Crippen LogP contribution is 2.29. The second-order valence-corrected chi connectivity index (χ2v) is 5.51. The van der Waals surface area contributed by atoms with Crippen LogP contribution in [-0.2, 0) is 19.3 Å². The van der Waals surface area contributed by atoms with Gasteiger partial charge in [0.1, 0.15) is 5.75 Å². The van der Waals surface area contributed by atoms with Crippen molar-refractivity contribution in [2.24, 2.45) is 0 Å². The van der Waals surface area contributed by atoms with Crippen molar-refractivity contribution in [3.63, 3.8) is 0 Å². The Morgan fingerprint density at radius 2 is 1.25 bits per heavy atom. The Balaban J connectivity index is 0.00000361. The van der Waals surface area contributed by atoms with Gasteiger partial charge >= 0.3 is 0 Å². The van der Waals surface area contributed by atoms with Gasteiger partial charge in [0, 0.05) is 0 Å². The second-order valence-electron chi connectivity index (χ2n) is 5.51. The van der Waals surface area contributed by atoms with Crippen molar-refractivity contribution in [1.82, 2.24) is 6.15 Å². The zero-order valence-electron chi connectivity index (χ0n) is 13.7. The molecular formula is C18H33NO. The molecule has 0 unspecified atom stereocenters. The monoisotopic (exact) mass is 279 g/mol. The number of phenolic OH excluding ortho intramolecular Hbond substituents is 1. The summed E-state index contributed by atoms with van der Waals surface area (Å²) in [6.45, 7) is 6.69. The van der Waals surface area contributed by atoms with Crippen molar-refractivity contribution in [1.29, 1.82) is 0 Å². The van der Waals surface area contributed by atoms with Crippen LogP contribution in [0.3, 0.4) is 0 Å². The van der Waals surface area contributed by atoms with E-state index in [-0.39, 0.29) is 6.15 Å². The lowest BCUT2D eigenvalue weighted by molar-refractivity contribution is 0.465. The van der Waals surface area contributed by atoms with Gasteiger partial charge in [0.05, 0.1) is 0 Å². The minimum absolute atomic E-state index is 0. The van der Waals surface area contributed by atoms with E-state index in [9.17, 15) is 5.11 Å². The van der Waals surface area contributed by atoms with Crippen molar-refractivity contribution in [3.8, 4) is 5.75 Å². The number of aromatic hydroxyl groups is 1. The van der Waals surface area contributed by atoms with Gasteiger partial charge in [-0.2, -0.15) is 0 Å². The molecule has 0 spiro atoms. The van der Waals surface area contributed by atoms with Gasteiger partial charge in [-0.3, -0.25) is 0 Å². The molecule has 0 aliphatic carbocycles. The zero-order chi connectivity index (χ0) is 14.1. The minimum atomic E-state index is 0. The highest BCUT2D eigenvalue weighted by atomic mass is 16.3. The molecule has 0 heterocycles. The maximum Gasteiger partial charge on any atom is 0.119 e. The number of phenols is 1. The maximum absolute atomic E-state index is 10.2. The molecule has 0 radical (unpaired) electrons. The van der Waals surface area contributed by atoms with E-state index in [1.165, 1.54) is 55.2 Å². The summed E-state index contributed by atoms with van der Waals surface area (Å²) in [7, 11) is 0. The van der Waals surface area contributed by atoms with Crippen LogP contribution < -0.4 is 6.15 Å². The molecule has 2 nitrogen and oxygen atoms in total. The first kappa shape index (κ1) is 19.0. The van der Waals surface area contributed by atoms with E-state index in [1.54, 1.807) is 0 Å². The predicted molar refractivity (Wildman–Crippen MR) is 89.0 cm³/mol. The summed E-state index contributed by atoms with van der Waals surface area (Å²) >= 11 is 0. The number of hydrogen-bond donors (Lipinski definition) is 2. The van der Waals surface area contributed by atoms with Gasteiger partial charge in [-0.1, -0.05) is 46.1 Å². The molecule has 0 amide bonds. The Kier molecular flexibility index (Phi) is 10.2. The first-order valence-electron chi connectivity index (χ1n) is 8.07. The maximum atomic E-state index is 10.2. The van der Waals surface area contributed by atoms with Crippen molar-refractivity contribution in [3.05, 3.63) is 28.8 Å². The van der Waals surface area contributed by atoms with Crippen LogP contribution in [0, 0.1) is 0 Å². The van der Waals surface area contributed by atoms with Crippen molar-refractivity contribution in [2.45, 2.75) is 78.6 Å². The minimum Gasteiger partial charge on any atom is -0.508 e. The van der Waals surface area contributed by atoms with Crippen molar-refractivity contribution in [2.75, 3.05) is 0 Å². The van der Waals surface area contributed by atoms with Gasteiger partial charge in [-0.25, -0.2) is 0 Å². The zero-order valence-corrected chi connectivity index (χ0v) is 13.7. The normalized spacial score (nSPS) is 10.3. The fraction of sp³-hybridized carbons (Fsp3) is 0.667. The number of unbranched alkanes of at least 4 members (excludes halogenated alkanes) is 3. The van der Waals surface area contributed by atoms with E-state index in [1.807, 2.05) is 6.07 Å². The van der Waals surface area contributed by atoms with E-state index in [2.05, 4.69) is 26.8 Å². The quantitative estimate of drug-likeness (QED) is 0.619. The Morgan fingerprint density at radius 1 is 0.750 bits per heavy atom. The van der Waals surface area contributed by atoms with Crippen molar-refractivity contribution < 1.29 is 5.11 Å². The summed E-state index contributed by atoms with van der Waals surface area (Å²) in [5, 5.41) is 10.2. The van der Waals surface area contributed by atoms with Crippen LogP contribution in [0.4, 0.5) is 0 Å². The van der Waals surface area contributed by atoms with Crippen LogP contribution in [0.2, 0.25) is 0 Å². The number of rotatable bonds is 9. The molecule has 0 aliphatic rings. The SMILES string of the molecule is CCCCc1ccc(O)c(CCCC)c1CCCC.N. The molecule has 1 rings (SSSR count). The highest BCUT2D eigenvalue weighted by molar-refractivity contribution is 5.45. The Bertz CT molecular complexity index is 374. The molecule has 0 bridgehead atoms. The summed E-state index contributed by atoms with van der Waals surface area (Å²) in [5.41, 5.74) is 4.15. The molecule has 0 aromatic heterocycles. The van der Waals surface area contributed by atoms with Crippen LogP contribution in [0.25, 0.3) is 0 Å². The second kappa shape index (κ2) is 10.7. The standard InChI is InChI=1S/C18H30O.H3N/c1-4-7-10-15-13-14-18(19)17(12-9-6-3)16(15)11-8-5-2;/h13-14,19H,4-12H2,1-3H3;1H3. The van der Waals surface area contributed by atoms with E-state index < -0.39 is 0 Å². The molecule has 1 aromatic rings. The average Bonchev–Trinajstić information content (AvgIpc) is 2.42. The molecule has 0 fully saturated rings. The summed E-state index contributed by atoms with van der Waals surface area (Å²) in [6.07, 6.45) is 10.6. The van der Waals surface area contributed by atoms with E-state index in [0.29, 0.717) is 5.75 Å². The third-order valence-corrected chi connectivity index (χ3v) is 3.86. The van der Waals surface area contributed by atoms with Gasteiger partial charge < -0.3 is 11.3 Å². The Hall–Kier alpha value is -1.02. The van der Waals surface area contributed by atoms with Crippen LogP contribution in [-0.4, -0.2) is 5.11 Å². The van der Waals surface area contributed by atoms with Gasteiger partial charge in [0.2, 0.25) is 0 Å². The van der Waals surface area contributed by atoms with E-state index in [4.69, 9.17) is 0 Å². The lowest BCUT2D eigenvalue weighted by atomic mass is 9.90. The molecule has 0 aliphatic heterocycles. The van der Waals surface area contributed by atoms with Crippen LogP contribution in [0.1, 0.15) is 76.0 Å². The van der Waals surface area contributed by atoms with Crippen molar-refractivity contribution >= 4 is 0 Å².